The second-order valence-electron chi connectivity index (χ2n) is 17.9. The third kappa shape index (κ3) is 14.5. The molecule has 2 fully saturated rings. The highest BCUT2D eigenvalue weighted by molar-refractivity contribution is 5.91. The number of esters is 3. The first-order chi connectivity index (χ1) is 36.9. The SMILES string of the molecule is O=C(O[C@@H]1[C@@H](OC(=O)c2ccccc2)[C@@H](O)O[C@H](COCc2ccccc2)[C@H]1O[C@H]1O[C@H](COCc2ccccc2)[C@@H](OCc2ccccc2)[C@H](OCc2ccccc2)[C@@H]1OC(=O)c1ccccc1)c1ccccc1. The quantitative estimate of drug-likeness (QED) is 0.0505. The van der Waals surface area contributed by atoms with Gasteiger partial charge in [-0.3, -0.25) is 0 Å². The normalized spacial score (nSPS) is 23.4. The predicted molar refractivity (Wildman–Crippen MR) is 274 cm³/mol. The Labute approximate surface area is 435 Å². The number of carbonyl (C=O) groups is 3. The smallest absolute Gasteiger partial charge is 0.338 e. The fourth-order valence-electron chi connectivity index (χ4n) is 8.81. The molecule has 7 aromatic carbocycles. The van der Waals surface area contributed by atoms with Gasteiger partial charge in [0.15, 0.2) is 30.9 Å². The number of rotatable bonds is 22. The van der Waals surface area contributed by atoms with E-state index in [1.165, 1.54) is 0 Å². The molecule has 75 heavy (non-hydrogen) atoms. The van der Waals surface area contributed by atoms with Crippen molar-refractivity contribution in [2.75, 3.05) is 13.2 Å². The minimum absolute atomic E-state index is 0.0455. The zero-order chi connectivity index (χ0) is 51.6. The zero-order valence-electron chi connectivity index (χ0n) is 41.0. The molecule has 0 amide bonds. The third-order valence-corrected chi connectivity index (χ3v) is 12.6. The van der Waals surface area contributed by atoms with Crippen LogP contribution in [-0.2, 0) is 73.8 Å². The van der Waals surface area contributed by atoms with Gasteiger partial charge in [0.2, 0.25) is 0 Å². The van der Waals surface area contributed by atoms with Crippen LogP contribution in [0.5, 0.6) is 0 Å². The molecule has 10 atom stereocenters. The number of benzene rings is 7. The summed E-state index contributed by atoms with van der Waals surface area (Å²) in [5.41, 5.74) is 3.97. The van der Waals surface area contributed by atoms with Gasteiger partial charge in [-0.15, -0.1) is 0 Å². The van der Waals surface area contributed by atoms with E-state index in [-0.39, 0.29) is 56.3 Å². The second kappa shape index (κ2) is 26.7. The second-order valence-corrected chi connectivity index (χ2v) is 17.9. The lowest BCUT2D eigenvalue weighted by atomic mass is 9.95. The van der Waals surface area contributed by atoms with Crippen LogP contribution in [0.4, 0.5) is 0 Å². The van der Waals surface area contributed by atoms with Gasteiger partial charge in [-0.05, 0) is 58.7 Å². The molecule has 0 radical (unpaired) electrons. The Morgan fingerprint density at radius 1 is 0.360 bits per heavy atom. The molecule has 14 nitrogen and oxygen atoms in total. The highest BCUT2D eigenvalue weighted by Gasteiger charge is 2.56. The van der Waals surface area contributed by atoms with Gasteiger partial charge in [-0.1, -0.05) is 176 Å². The van der Waals surface area contributed by atoms with Gasteiger partial charge in [0.25, 0.3) is 0 Å². The summed E-state index contributed by atoms with van der Waals surface area (Å²) in [7, 11) is 0. The highest BCUT2D eigenvalue weighted by atomic mass is 16.8. The van der Waals surface area contributed by atoms with E-state index in [1.54, 1.807) is 91.0 Å². The zero-order valence-corrected chi connectivity index (χ0v) is 41.0. The van der Waals surface area contributed by atoms with E-state index in [0.29, 0.717) is 0 Å². The van der Waals surface area contributed by atoms with E-state index in [9.17, 15) is 19.5 Å². The largest absolute Gasteiger partial charge is 0.452 e. The first-order valence-electron chi connectivity index (χ1n) is 24.8. The van der Waals surface area contributed by atoms with Crippen LogP contribution in [0.25, 0.3) is 0 Å². The molecule has 0 aliphatic carbocycles. The first-order valence-corrected chi connectivity index (χ1v) is 24.8. The summed E-state index contributed by atoms with van der Waals surface area (Å²) >= 11 is 0. The van der Waals surface area contributed by atoms with Crippen LogP contribution in [0, 0.1) is 0 Å². The minimum Gasteiger partial charge on any atom is -0.452 e. The molecule has 0 saturated carbocycles. The molecular formula is C61H58O14. The van der Waals surface area contributed by atoms with Crippen LogP contribution < -0.4 is 0 Å². The minimum atomic E-state index is -1.87. The Morgan fingerprint density at radius 2 is 0.693 bits per heavy atom. The van der Waals surface area contributed by atoms with Crippen LogP contribution in [0.15, 0.2) is 212 Å². The predicted octanol–water partition coefficient (Wildman–Crippen LogP) is 9.09. The van der Waals surface area contributed by atoms with Crippen molar-refractivity contribution >= 4 is 17.9 Å². The summed E-state index contributed by atoms with van der Waals surface area (Å²) in [5, 5.41) is 11.9. The van der Waals surface area contributed by atoms with Gasteiger partial charge >= 0.3 is 17.9 Å². The Kier molecular flexibility index (Phi) is 18.7. The molecule has 9 rings (SSSR count). The Balaban J connectivity index is 1.14. The molecule has 2 aliphatic heterocycles. The van der Waals surface area contributed by atoms with Crippen molar-refractivity contribution in [2.45, 2.75) is 87.8 Å². The topological polar surface area (TPSA) is 164 Å². The Bertz CT molecular complexity index is 2810. The molecule has 7 aromatic rings. The lowest BCUT2D eigenvalue weighted by Crippen LogP contribution is -2.66. The van der Waals surface area contributed by atoms with Gasteiger partial charge in [0.1, 0.15) is 30.5 Å². The third-order valence-electron chi connectivity index (χ3n) is 12.6. The molecule has 2 heterocycles. The summed E-state index contributed by atoms with van der Waals surface area (Å²) in [5.74, 6) is -2.39. The molecule has 2 aliphatic rings. The van der Waals surface area contributed by atoms with Crippen molar-refractivity contribution in [1.29, 1.82) is 0 Å². The molecule has 0 spiro atoms. The number of ether oxygens (including phenoxy) is 10. The number of hydrogen-bond donors (Lipinski definition) is 1. The first kappa shape index (κ1) is 52.5. The van der Waals surface area contributed by atoms with Crippen molar-refractivity contribution in [3.05, 3.63) is 251 Å². The average Bonchev–Trinajstić information content (AvgIpc) is 3.47. The van der Waals surface area contributed by atoms with Crippen molar-refractivity contribution in [2.24, 2.45) is 0 Å². The molecule has 0 bridgehead atoms. The van der Waals surface area contributed by atoms with E-state index >= 15 is 0 Å². The molecule has 386 valence electrons. The molecule has 2 saturated heterocycles. The molecule has 0 unspecified atom stereocenters. The van der Waals surface area contributed by atoms with E-state index < -0.39 is 79.3 Å². The van der Waals surface area contributed by atoms with E-state index in [4.69, 9.17) is 47.4 Å². The summed E-state index contributed by atoms with van der Waals surface area (Å²) in [6, 6.07) is 62.9. The maximum Gasteiger partial charge on any atom is 0.338 e. The number of carbonyl (C=O) groups excluding carboxylic acids is 3. The maximum absolute atomic E-state index is 14.5. The summed E-state index contributed by atoms with van der Waals surface area (Å²) in [6.45, 7) is 0.188. The fraction of sp³-hybridized carbons (Fsp3) is 0.262. The fourth-order valence-corrected chi connectivity index (χ4v) is 8.81. The van der Waals surface area contributed by atoms with Crippen LogP contribution in [0.3, 0.4) is 0 Å². The van der Waals surface area contributed by atoms with Crippen molar-refractivity contribution in [3.8, 4) is 0 Å². The maximum atomic E-state index is 14.5. The van der Waals surface area contributed by atoms with Gasteiger partial charge in [-0.25, -0.2) is 14.4 Å². The van der Waals surface area contributed by atoms with Gasteiger partial charge in [-0.2, -0.15) is 0 Å². The van der Waals surface area contributed by atoms with Crippen LogP contribution in [-0.4, -0.2) is 97.6 Å². The molecule has 14 heteroatoms. The average molecular weight is 1020 g/mol. The number of aliphatic hydroxyl groups excluding tert-OH is 1. The highest BCUT2D eigenvalue weighted by Crippen LogP contribution is 2.36. The Hall–Kier alpha value is -7.37. The van der Waals surface area contributed by atoms with Gasteiger partial charge in [0.05, 0.1) is 56.3 Å². The van der Waals surface area contributed by atoms with E-state index in [0.717, 1.165) is 22.3 Å². The van der Waals surface area contributed by atoms with Gasteiger partial charge < -0.3 is 52.5 Å². The summed E-state index contributed by atoms with van der Waals surface area (Å²) in [6.07, 6.45) is -14.0. The van der Waals surface area contributed by atoms with E-state index in [1.807, 2.05) is 121 Å². The lowest BCUT2D eigenvalue weighted by Gasteiger charge is -2.49. The number of hydrogen-bond acceptors (Lipinski definition) is 14. The van der Waals surface area contributed by atoms with Crippen LogP contribution in [0.2, 0.25) is 0 Å². The van der Waals surface area contributed by atoms with Gasteiger partial charge in [0, 0.05) is 0 Å². The van der Waals surface area contributed by atoms with Crippen LogP contribution in [0.1, 0.15) is 53.3 Å². The van der Waals surface area contributed by atoms with Crippen molar-refractivity contribution in [3.63, 3.8) is 0 Å². The van der Waals surface area contributed by atoms with Crippen molar-refractivity contribution < 1.29 is 66.9 Å². The van der Waals surface area contributed by atoms with Crippen molar-refractivity contribution in [1.82, 2.24) is 0 Å². The Morgan fingerprint density at radius 3 is 1.11 bits per heavy atom. The summed E-state index contributed by atoms with van der Waals surface area (Å²) < 4.78 is 65.7. The molecule has 0 aromatic heterocycles. The summed E-state index contributed by atoms with van der Waals surface area (Å²) in [4.78, 5) is 42.7. The molecular weight excluding hydrogens is 957 g/mol. The van der Waals surface area contributed by atoms with E-state index in [2.05, 4.69) is 0 Å². The molecule has 1 N–H and O–H groups in total. The number of aliphatic hydroxyl groups is 1. The lowest BCUT2D eigenvalue weighted by molar-refractivity contribution is -0.361. The monoisotopic (exact) mass is 1010 g/mol. The standard InChI is InChI=1S/C61H58O14/c62-57(46-30-16-5-17-31-46)72-54-52(50(41-67-37-43-24-10-2-11-25-43)70-60(65)55(54)73-58(63)47-32-18-6-19-33-47)75-61-56(74-59(64)48-34-20-7-21-35-48)53(69-39-45-28-14-4-15-29-45)51(68-38-44-26-12-3-13-27-44)49(71-61)40-66-36-42-22-8-1-9-23-42/h1-35,49-56,60-61,65H,36-41H2/t49-,50-,51-,52-,53+,54+,55-,56+,60+,61-/m1/s1. The van der Waals surface area contributed by atoms with Crippen LogP contribution >= 0.6 is 0 Å².